The number of rotatable bonds is 10. The number of carbonyl (C=O) groups excluding carboxylic acids is 4. The van der Waals surface area contributed by atoms with Crippen molar-refractivity contribution >= 4 is 52.1 Å². The Morgan fingerprint density at radius 1 is 1.02 bits per heavy atom. The number of hydrogen-bond donors (Lipinski definition) is 3. The van der Waals surface area contributed by atoms with Crippen LogP contribution in [0.5, 0.6) is 0 Å². The molecule has 51 heavy (non-hydrogen) atoms. The third kappa shape index (κ3) is 7.28. The summed E-state index contributed by atoms with van der Waals surface area (Å²) in [7, 11) is 2.22. The molecule has 0 bridgehead atoms. The van der Waals surface area contributed by atoms with Gasteiger partial charge in [-0.15, -0.1) is 0 Å². The van der Waals surface area contributed by atoms with Gasteiger partial charge in [-0.1, -0.05) is 6.07 Å². The Morgan fingerprint density at radius 3 is 2.65 bits per heavy atom. The summed E-state index contributed by atoms with van der Waals surface area (Å²) in [5, 5.41) is 5.59. The Bertz CT molecular complexity index is 1910. The quantitative estimate of drug-likeness (QED) is 0.156. The van der Waals surface area contributed by atoms with Crippen LogP contribution >= 0.6 is 0 Å². The standard InChI is InChI=1S/C39H46N8O4/c1-23-5-6-25(13-15-46(23)2)26-7-10-32-33(18-26)44-34(22-43-32)27(20-40)21-42-29-16-24(17-29)4-3-14-41-28-8-9-30-31(19-28)39(51)47(38(30)50)35-11-12-36(48)45-37(35)49/h7-10,18-25,29,35,41H,3-6,11-17,40H2,1-2H3,(H,45,48,49). The lowest BCUT2D eigenvalue weighted by molar-refractivity contribution is -0.136. The van der Waals surface area contributed by atoms with Crippen molar-refractivity contribution in [3.8, 4) is 0 Å². The molecule has 3 atom stereocenters. The van der Waals surface area contributed by atoms with Crippen molar-refractivity contribution in [2.45, 2.75) is 88.8 Å². The summed E-state index contributed by atoms with van der Waals surface area (Å²) >= 11 is 0. The Labute approximate surface area is 298 Å². The lowest BCUT2D eigenvalue weighted by atomic mass is 9.78. The first kappa shape index (κ1) is 34.5. The number of hydrogen-bond acceptors (Lipinski definition) is 10. The van der Waals surface area contributed by atoms with Gasteiger partial charge in [0.2, 0.25) is 11.8 Å². The van der Waals surface area contributed by atoms with Crippen molar-refractivity contribution in [1.29, 1.82) is 0 Å². The predicted octanol–water partition coefficient (Wildman–Crippen LogP) is 4.66. The Kier molecular flexibility index (Phi) is 9.95. The molecule has 3 unspecified atom stereocenters. The van der Waals surface area contributed by atoms with E-state index in [0.29, 0.717) is 17.9 Å². The minimum atomic E-state index is -0.969. The van der Waals surface area contributed by atoms with E-state index >= 15 is 0 Å². The summed E-state index contributed by atoms with van der Waals surface area (Å²) in [6, 6.07) is 11.5. The summed E-state index contributed by atoms with van der Waals surface area (Å²) in [4.78, 5) is 67.8. The minimum absolute atomic E-state index is 0.0934. The van der Waals surface area contributed by atoms with Gasteiger partial charge in [-0.25, -0.2) is 4.98 Å². The third-order valence-corrected chi connectivity index (χ3v) is 11.2. The molecule has 1 aliphatic carbocycles. The minimum Gasteiger partial charge on any atom is -0.404 e. The van der Waals surface area contributed by atoms with Crippen LogP contribution in [0, 0.1) is 5.92 Å². The summed E-state index contributed by atoms with van der Waals surface area (Å²) in [6.07, 6.45) is 13.0. The highest BCUT2D eigenvalue weighted by molar-refractivity contribution is 6.23. The number of carbonyl (C=O) groups is 4. The summed E-state index contributed by atoms with van der Waals surface area (Å²) in [5.74, 6) is -0.893. The maximum Gasteiger partial charge on any atom is 0.262 e. The molecule has 12 heteroatoms. The number of fused-ring (bicyclic) bond motifs is 2. The lowest BCUT2D eigenvalue weighted by Gasteiger charge is -2.32. The van der Waals surface area contributed by atoms with Gasteiger partial charge >= 0.3 is 0 Å². The number of nitrogens with zero attached hydrogens (tertiary/aromatic N) is 5. The molecule has 7 rings (SSSR count). The predicted molar refractivity (Wildman–Crippen MR) is 196 cm³/mol. The zero-order valence-corrected chi connectivity index (χ0v) is 29.3. The Hall–Kier alpha value is -4.97. The van der Waals surface area contributed by atoms with Crippen LogP contribution in [0.4, 0.5) is 5.69 Å². The van der Waals surface area contributed by atoms with Gasteiger partial charge in [0.05, 0.1) is 40.1 Å². The molecule has 4 aliphatic rings. The molecule has 1 aromatic heterocycles. The van der Waals surface area contributed by atoms with Crippen molar-refractivity contribution in [2.75, 3.05) is 25.5 Å². The number of imide groups is 2. The number of aromatic nitrogens is 2. The summed E-state index contributed by atoms with van der Waals surface area (Å²) in [5.41, 5.74) is 11.9. The van der Waals surface area contributed by atoms with E-state index in [4.69, 9.17) is 15.7 Å². The summed E-state index contributed by atoms with van der Waals surface area (Å²) in [6.45, 7) is 4.13. The Balaban J connectivity index is 0.874. The fourth-order valence-electron chi connectivity index (χ4n) is 7.78. The maximum atomic E-state index is 13.1. The van der Waals surface area contributed by atoms with Crippen molar-refractivity contribution in [3.05, 3.63) is 71.2 Å². The number of nitrogens with two attached hydrogens (primary N) is 1. The fourth-order valence-corrected chi connectivity index (χ4v) is 7.78. The molecule has 3 aromatic rings. The van der Waals surface area contributed by atoms with Crippen LogP contribution in [-0.2, 0) is 9.59 Å². The molecule has 4 amide bonds. The number of anilines is 1. The first-order chi connectivity index (χ1) is 24.7. The van der Waals surface area contributed by atoms with Crippen molar-refractivity contribution in [3.63, 3.8) is 0 Å². The lowest BCUT2D eigenvalue weighted by Crippen LogP contribution is -2.54. The van der Waals surface area contributed by atoms with Gasteiger partial charge in [-0.2, -0.15) is 0 Å². The fraction of sp³-hybridized carbons (Fsp3) is 0.462. The van der Waals surface area contributed by atoms with Crippen LogP contribution < -0.4 is 16.4 Å². The molecule has 0 spiro atoms. The second kappa shape index (κ2) is 14.7. The second-order valence-electron chi connectivity index (χ2n) is 14.6. The Morgan fingerprint density at radius 2 is 1.84 bits per heavy atom. The van der Waals surface area contributed by atoms with E-state index in [1.54, 1.807) is 30.6 Å². The van der Waals surface area contributed by atoms with Crippen molar-refractivity contribution < 1.29 is 19.2 Å². The number of nitrogens with one attached hydrogen (secondary N) is 2. The van der Waals surface area contributed by atoms with Gasteiger partial charge in [-0.05, 0) is 120 Å². The first-order valence-electron chi connectivity index (χ1n) is 18.2. The van der Waals surface area contributed by atoms with Crippen LogP contribution in [0.15, 0.2) is 53.8 Å². The SMILES string of the molecule is CC1CCC(c2ccc3ncc(C(C=NC4CC(CCCNc5ccc6c(c5)C(=O)N(C5CCC(=O)NC5=O)C6=O)C4)=CN)nc3c2)CCN1C. The number of benzene rings is 2. The highest BCUT2D eigenvalue weighted by Gasteiger charge is 2.44. The normalized spacial score (nSPS) is 26.0. The first-order valence-corrected chi connectivity index (χ1v) is 18.2. The van der Waals surface area contributed by atoms with Crippen LogP contribution in [0.1, 0.15) is 103 Å². The van der Waals surface area contributed by atoms with E-state index < -0.39 is 29.7 Å². The van der Waals surface area contributed by atoms with Gasteiger partial charge in [0.1, 0.15) is 6.04 Å². The zero-order valence-electron chi connectivity index (χ0n) is 29.3. The van der Waals surface area contributed by atoms with Gasteiger partial charge in [0.25, 0.3) is 11.8 Å². The molecule has 1 saturated carbocycles. The number of piperidine rings is 1. The van der Waals surface area contributed by atoms with E-state index in [1.165, 1.54) is 18.4 Å². The van der Waals surface area contributed by atoms with Crippen molar-refractivity contribution in [1.82, 2.24) is 25.1 Å². The van der Waals surface area contributed by atoms with Gasteiger partial charge in [0.15, 0.2) is 0 Å². The molecular formula is C39H46N8O4. The second-order valence-corrected chi connectivity index (χ2v) is 14.6. The van der Waals surface area contributed by atoms with Crippen LogP contribution in [0.25, 0.3) is 16.6 Å². The molecule has 0 radical (unpaired) electrons. The van der Waals surface area contributed by atoms with Crippen LogP contribution in [-0.4, -0.2) is 87.9 Å². The monoisotopic (exact) mass is 690 g/mol. The molecule has 2 aromatic carbocycles. The average Bonchev–Trinajstić information content (AvgIpc) is 3.22. The zero-order chi connectivity index (χ0) is 35.6. The molecular weight excluding hydrogens is 644 g/mol. The molecule has 3 aliphatic heterocycles. The topological polar surface area (TPSA) is 163 Å². The van der Waals surface area contributed by atoms with E-state index in [-0.39, 0.29) is 30.0 Å². The van der Waals surface area contributed by atoms with Gasteiger partial charge in [0, 0.05) is 42.7 Å². The number of aliphatic imine (C=N–C) groups is 1. The average molecular weight is 691 g/mol. The van der Waals surface area contributed by atoms with Gasteiger partial charge < -0.3 is 16.0 Å². The maximum absolute atomic E-state index is 13.1. The highest BCUT2D eigenvalue weighted by atomic mass is 16.2. The van der Waals surface area contributed by atoms with Crippen molar-refractivity contribution in [2.24, 2.45) is 16.6 Å². The number of likely N-dealkylation sites (tertiary alicyclic amines) is 1. The molecule has 4 N–H and O–H groups in total. The van der Waals surface area contributed by atoms with E-state index in [9.17, 15) is 19.2 Å². The van der Waals surface area contributed by atoms with E-state index in [1.807, 2.05) is 6.21 Å². The van der Waals surface area contributed by atoms with E-state index in [2.05, 4.69) is 52.7 Å². The number of amides is 4. The van der Waals surface area contributed by atoms with Crippen LogP contribution in [0.3, 0.4) is 0 Å². The number of allylic oxidation sites excluding steroid dienone is 1. The smallest absolute Gasteiger partial charge is 0.262 e. The molecule has 4 heterocycles. The van der Waals surface area contributed by atoms with Gasteiger partial charge in [-0.3, -0.25) is 39.4 Å². The largest absolute Gasteiger partial charge is 0.404 e. The molecule has 266 valence electrons. The van der Waals surface area contributed by atoms with Crippen LogP contribution in [0.2, 0.25) is 0 Å². The third-order valence-electron chi connectivity index (χ3n) is 11.2. The molecule has 2 saturated heterocycles. The van der Waals surface area contributed by atoms with E-state index in [0.717, 1.165) is 78.1 Å². The molecule has 3 fully saturated rings. The molecule has 12 nitrogen and oxygen atoms in total. The highest BCUT2D eigenvalue weighted by Crippen LogP contribution is 2.35. The summed E-state index contributed by atoms with van der Waals surface area (Å²) < 4.78 is 0.